The van der Waals surface area contributed by atoms with Crippen molar-refractivity contribution in [2.24, 2.45) is 0 Å². The van der Waals surface area contributed by atoms with Crippen LogP contribution in [0.25, 0.3) is 5.65 Å². The van der Waals surface area contributed by atoms with Gasteiger partial charge in [-0.05, 0) is 30.4 Å². The second-order valence-electron chi connectivity index (χ2n) is 6.42. The molecule has 3 aromatic heterocycles. The van der Waals surface area contributed by atoms with Gasteiger partial charge in [-0.3, -0.25) is 0 Å². The normalized spacial score (nSPS) is 17.2. The van der Waals surface area contributed by atoms with Crippen molar-refractivity contribution < 1.29 is 21.6 Å². The third kappa shape index (κ3) is 3.21. The van der Waals surface area contributed by atoms with E-state index in [0.717, 1.165) is 0 Å². The number of alkyl halides is 2. The molecule has 144 valence electrons. The van der Waals surface area contributed by atoms with Crippen molar-refractivity contribution in [1.29, 1.82) is 0 Å². The molecule has 3 aromatic rings. The first-order valence-corrected chi connectivity index (χ1v) is 9.84. The summed E-state index contributed by atoms with van der Waals surface area (Å²) >= 11 is 0. The molecule has 1 aliphatic rings. The molecule has 4 heterocycles. The van der Waals surface area contributed by atoms with Crippen LogP contribution >= 0.6 is 0 Å². The second-order valence-corrected chi connectivity index (χ2v) is 8.29. The van der Waals surface area contributed by atoms with Crippen molar-refractivity contribution in [2.45, 2.75) is 37.2 Å². The Hall–Kier alpha value is -2.40. The van der Waals surface area contributed by atoms with Crippen molar-refractivity contribution in [3.8, 4) is 0 Å². The van der Waals surface area contributed by atoms with Crippen molar-refractivity contribution in [3.63, 3.8) is 0 Å². The Morgan fingerprint density at radius 2 is 2.00 bits per heavy atom. The number of rotatable bonds is 4. The summed E-state index contributed by atoms with van der Waals surface area (Å²) in [5.74, 6) is 0.0803. The number of aromatic nitrogens is 4. The maximum absolute atomic E-state index is 13.5. The van der Waals surface area contributed by atoms with Crippen LogP contribution in [0.3, 0.4) is 0 Å². The molecule has 1 fully saturated rings. The summed E-state index contributed by atoms with van der Waals surface area (Å²) in [6, 6.07) is 1.34. The van der Waals surface area contributed by atoms with Gasteiger partial charge in [0.2, 0.25) is 0 Å². The number of halogens is 2. The van der Waals surface area contributed by atoms with Crippen molar-refractivity contribution in [2.75, 3.05) is 13.1 Å². The van der Waals surface area contributed by atoms with E-state index in [0.29, 0.717) is 24.1 Å². The van der Waals surface area contributed by atoms with Gasteiger partial charge >= 0.3 is 0 Å². The molecule has 4 rings (SSSR count). The maximum atomic E-state index is 13.5. The van der Waals surface area contributed by atoms with Gasteiger partial charge in [0, 0.05) is 31.8 Å². The van der Waals surface area contributed by atoms with E-state index in [-0.39, 0.29) is 35.6 Å². The molecule has 1 aliphatic heterocycles. The summed E-state index contributed by atoms with van der Waals surface area (Å²) in [4.78, 5) is 7.77. The molecule has 0 aromatic carbocycles. The molecule has 8 nitrogen and oxygen atoms in total. The van der Waals surface area contributed by atoms with E-state index in [1.54, 1.807) is 13.1 Å². The van der Waals surface area contributed by atoms with E-state index < -0.39 is 16.4 Å². The van der Waals surface area contributed by atoms with Crippen LogP contribution in [0, 0.1) is 6.92 Å². The molecule has 0 radical (unpaired) electrons. The van der Waals surface area contributed by atoms with Crippen LogP contribution in [-0.2, 0) is 10.0 Å². The third-order valence-electron chi connectivity index (χ3n) is 4.80. The average molecular weight is 397 g/mol. The first-order valence-electron chi connectivity index (χ1n) is 8.40. The monoisotopic (exact) mass is 397 g/mol. The van der Waals surface area contributed by atoms with Crippen LogP contribution in [0.2, 0.25) is 0 Å². The lowest BCUT2D eigenvalue weighted by atomic mass is 9.88. The zero-order chi connectivity index (χ0) is 19.2. The fourth-order valence-corrected chi connectivity index (χ4v) is 4.77. The van der Waals surface area contributed by atoms with Crippen LogP contribution in [0.15, 0.2) is 34.3 Å². The number of sulfonamides is 1. The summed E-state index contributed by atoms with van der Waals surface area (Å²) in [6.07, 6.45) is 2.27. The van der Waals surface area contributed by atoms with E-state index in [1.165, 1.54) is 27.4 Å². The van der Waals surface area contributed by atoms with E-state index in [2.05, 4.69) is 15.1 Å². The molecule has 0 bridgehead atoms. The fourth-order valence-electron chi connectivity index (χ4n) is 3.42. The SMILES string of the molecule is Cc1ncc(S(=O)(=O)N2CCC(c3cn4ncnc4cc3C(F)F)CC2)o1. The van der Waals surface area contributed by atoms with Gasteiger partial charge in [-0.15, -0.1) is 0 Å². The number of nitrogens with zero attached hydrogens (tertiary/aromatic N) is 5. The standard InChI is InChI=1S/C16H17F2N5O3S/c1-10-19-7-15(26-10)27(24,25)22-4-2-11(3-5-22)13-8-23-14(20-9-21-23)6-12(13)16(17)18/h6-9,11,16H,2-5H2,1H3. The first kappa shape index (κ1) is 18.0. The lowest BCUT2D eigenvalue weighted by Gasteiger charge is -2.31. The number of pyridine rings is 1. The lowest BCUT2D eigenvalue weighted by molar-refractivity contribution is 0.148. The van der Waals surface area contributed by atoms with Crippen LogP contribution in [0.4, 0.5) is 8.78 Å². The zero-order valence-electron chi connectivity index (χ0n) is 14.4. The quantitative estimate of drug-likeness (QED) is 0.672. The molecule has 0 saturated carbocycles. The van der Waals surface area contributed by atoms with Crippen LogP contribution in [0.1, 0.15) is 42.2 Å². The largest absolute Gasteiger partial charge is 0.428 e. The van der Waals surface area contributed by atoms with Crippen LogP contribution < -0.4 is 0 Å². The Morgan fingerprint density at radius 3 is 2.63 bits per heavy atom. The van der Waals surface area contributed by atoms with Crippen molar-refractivity contribution in [3.05, 3.63) is 41.8 Å². The van der Waals surface area contributed by atoms with Crippen LogP contribution in [0.5, 0.6) is 0 Å². The van der Waals surface area contributed by atoms with Gasteiger partial charge in [-0.25, -0.2) is 31.7 Å². The Kier molecular flexibility index (Phi) is 4.42. The minimum Gasteiger partial charge on any atom is -0.428 e. The lowest BCUT2D eigenvalue weighted by Crippen LogP contribution is -2.38. The van der Waals surface area contributed by atoms with Crippen molar-refractivity contribution in [1.82, 2.24) is 23.9 Å². The highest BCUT2D eigenvalue weighted by Crippen LogP contribution is 2.36. The van der Waals surface area contributed by atoms with Gasteiger partial charge < -0.3 is 4.42 Å². The van der Waals surface area contributed by atoms with Gasteiger partial charge in [0.1, 0.15) is 6.33 Å². The molecule has 0 amide bonds. The molecule has 1 saturated heterocycles. The number of aryl methyl sites for hydroxylation is 1. The first-order chi connectivity index (χ1) is 12.9. The van der Waals surface area contributed by atoms with E-state index in [4.69, 9.17) is 4.42 Å². The number of fused-ring (bicyclic) bond motifs is 1. The molecule has 11 heteroatoms. The molecule has 0 atom stereocenters. The average Bonchev–Trinajstić information content (AvgIpc) is 3.29. The summed E-state index contributed by atoms with van der Waals surface area (Å²) < 4.78 is 60.2. The van der Waals surface area contributed by atoms with Crippen molar-refractivity contribution >= 4 is 15.7 Å². The predicted molar refractivity (Wildman–Crippen MR) is 89.9 cm³/mol. The van der Waals surface area contributed by atoms with Gasteiger partial charge in [0.25, 0.3) is 21.5 Å². The highest BCUT2D eigenvalue weighted by molar-refractivity contribution is 7.89. The van der Waals surface area contributed by atoms with E-state index >= 15 is 0 Å². The molecule has 27 heavy (non-hydrogen) atoms. The van der Waals surface area contributed by atoms with Gasteiger partial charge in [0.05, 0.1) is 6.20 Å². The Balaban J connectivity index is 1.57. The molecule has 0 N–H and O–H groups in total. The van der Waals surface area contributed by atoms with Gasteiger partial charge in [-0.1, -0.05) is 0 Å². The summed E-state index contributed by atoms with van der Waals surface area (Å²) in [5.41, 5.74) is 0.757. The van der Waals surface area contributed by atoms with Gasteiger partial charge in [-0.2, -0.15) is 9.40 Å². The molecular weight excluding hydrogens is 380 g/mol. The molecule has 0 unspecified atom stereocenters. The molecule has 0 aliphatic carbocycles. The topological polar surface area (TPSA) is 93.6 Å². The number of piperidine rings is 1. The second kappa shape index (κ2) is 6.64. The van der Waals surface area contributed by atoms with Gasteiger partial charge in [0.15, 0.2) is 11.5 Å². The fraction of sp³-hybridized carbons (Fsp3) is 0.438. The Bertz CT molecular complexity index is 1070. The highest BCUT2D eigenvalue weighted by atomic mass is 32.2. The highest BCUT2D eigenvalue weighted by Gasteiger charge is 2.34. The molecule has 0 spiro atoms. The summed E-state index contributed by atoms with van der Waals surface area (Å²) in [7, 11) is -3.77. The Labute approximate surface area is 153 Å². The van der Waals surface area contributed by atoms with E-state index in [9.17, 15) is 17.2 Å². The number of hydrogen-bond donors (Lipinski definition) is 0. The smallest absolute Gasteiger partial charge is 0.278 e. The number of oxazole rings is 1. The summed E-state index contributed by atoms with van der Waals surface area (Å²) in [5, 5.41) is 3.81. The third-order valence-corrected chi connectivity index (χ3v) is 6.55. The van der Waals surface area contributed by atoms with E-state index in [1.807, 2.05) is 0 Å². The Morgan fingerprint density at radius 1 is 1.26 bits per heavy atom. The summed E-state index contributed by atoms with van der Waals surface area (Å²) in [6.45, 7) is 1.99. The molecular formula is C16H17F2N5O3S. The van der Waals surface area contributed by atoms with Crippen LogP contribution in [-0.4, -0.2) is 45.4 Å². The zero-order valence-corrected chi connectivity index (χ0v) is 15.2. The minimum absolute atomic E-state index is 0.0809. The minimum atomic E-state index is -3.77. The maximum Gasteiger partial charge on any atom is 0.278 e. The number of hydrogen-bond acceptors (Lipinski definition) is 6. The predicted octanol–water partition coefficient (Wildman–Crippen LogP) is 2.53.